The summed E-state index contributed by atoms with van der Waals surface area (Å²) in [5, 5.41) is 0. The first-order valence-electron chi connectivity index (χ1n) is 2.56. The maximum absolute atomic E-state index is 10.5. The molecule has 2 N–H and O–H groups in total. The first-order valence-corrected chi connectivity index (χ1v) is 2.56. The Morgan fingerprint density at radius 1 is 1.50 bits per heavy atom. The molecule has 1 aliphatic carbocycles. The van der Waals surface area contributed by atoms with Crippen molar-refractivity contribution in [2.75, 3.05) is 0 Å². The van der Waals surface area contributed by atoms with Gasteiger partial charge in [-0.3, -0.25) is 4.79 Å². The second-order valence-corrected chi connectivity index (χ2v) is 1.84. The Morgan fingerprint density at radius 2 is 2.10 bits per heavy atom. The third-order valence-electron chi connectivity index (χ3n) is 1.09. The fourth-order valence-electron chi connectivity index (χ4n) is 0.586. The number of nitrogens with one attached hydrogen (secondary N) is 2. The fourth-order valence-corrected chi connectivity index (χ4v) is 0.586. The second kappa shape index (κ2) is 3.69. The third kappa shape index (κ3) is 2.08. The van der Waals surface area contributed by atoms with E-state index >= 15 is 0 Å². The van der Waals surface area contributed by atoms with Gasteiger partial charge >= 0.3 is 21.1 Å². The molecule has 4 heteroatoms. The molecule has 1 unspecified atom stereocenters. The van der Waals surface area contributed by atoms with Crippen LogP contribution in [0.1, 0.15) is 0 Å². The van der Waals surface area contributed by atoms with Gasteiger partial charge in [0.1, 0.15) is 0 Å². The van der Waals surface area contributed by atoms with Gasteiger partial charge in [-0.05, 0) is 12.2 Å². The van der Waals surface area contributed by atoms with Gasteiger partial charge in [-0.2, -0.15) is 5.70 Å². The first kappa shape index (κ1) is 9.60. The monoisotopic (exact) mass is 306 g/mol. The molecule has 0 heterocycles. The number of allylic oxidation sites excluding steroid dienone is 2. The molecule has 0 saturated heterocycles. The van der Waals surface area contributed by atoms with Gasteiger partial charge in [0.25, 0.3) is 0 Å². The van der Waals surface area contributed by atoms with Crippen molar-refractivity contribution >= 4 is 5.78 Å². The van der Waals surface area contributed by atoms with Crippen LogP contribution in [-0.2, 0) is 25.9 Å². The van der Waals surface area contributed by atoms with Crippen molar-refractivity contribution in [3.05, 3.63) is 35.4 Å². The number of hydrogen-bond acceptors (Lipinski definition) is 1. The van der Waals surface area contributed by atoms with E-state index in [-0.39, 0.29) is 32.5 Å². The van der Waals surface area contributed by atoms with Crippen LogP contribution in [0.5, 0.6) is 0 Å². The summed E-state index contributed by atoms with van der Waals surface area (Å²) in [7, 11) is 0. The molecule has 1 rings (SSSR count). The summed E-state index contributed by atoms with van der Waals surface area (Å²) in [6.07, 6.45) is 3.89. The van der Waals surface area contributed by atoms with Crippen LogP contribution in [0.3, 0.4) is 0 Å². The van der Waals surface area contributed by atoms with Gasteiger partial charge in [0.2, 0.25) is 0 Å². The van der Waals surface area contributed by atoms with Crippen molar-refractivity contribution in [2.45, 2.75) is 6.04 Å². The molecule has 0 fully saturated rings. The molecule has 10 heavy (non-hydrogen) atoms. The summed E-state index contributed by atoms with van der Waals surface area (Å²) in [6.45, 7) is 0. The molecule has 0 bridgehead atoms. The molecule has 0 aromatic rings. The molecule has 0 spiro atoms. The normalized spacial score (nSPS) is 23.5. The molecule has 1 atom stereocenters. The average Bonchev–Trinajstić information content (AvgIpc) is 1.80. The van der Waals surface area contributed by atoms with E-state index in [4.69, 9.17) is 11.5 Å². The molecule has 0 amide bonds. The van der Waals surface area contributed by atoms with Gasteiger partial charge in [-0.15, -0.1) is 6.04 Å². The van der Waals surface area contributed by atoms with E-state index in [1.807, 2.05) is 0 Å². The summed E-state index contributed by atoms with van der Waals surface area (Å²) >= 11 is 0. The summed E-state index contributed by atoms with van der Waals surface area (Å²) < 4.78 is 0. The number of carbonyl (C=O) groups is 1. The molecule has 0 radical (unpaired) electrons. The molecule has 0 aliphatic heterocycles. The van der Waals surface area contributed by atoms with Crippen molar-refractivity contribution in [3.63, 3.8) is 0 Å². The van der Waals surface area contributed by atoms with Crippen LogP contribution < -0.4 is 0 Å². The maximum atomic E-state index is 10.5. The van der Waals surface area contributed by atoms with Gasteiger partial charge in [0, 0.05) is 0 Å². The first-order chi connectivity index (χ1) is 4.20. The van der Waals surface area contributed by atoms with Crippen molar-refractivity contribution < 1.29 is 25.9 Å². The van der Waals surface area contributed by atoms with Gasteiger partial charge in [-0.1, -0.05) is 6.08 Å². The molecule has 0 aromatic carbocycles. The Balaban J connectivity index is 0.000000810. The average molecular weight is 306 g/mol. The zero-order valence-corrected chi connectivity index (χ0v) is 8.06. The van der Waals surface area contributed by atoms with Crippen LogP contribution in [0.15, 0.2) is 23.9 Å². The summed E-state index contributed by atoms with van der Waals surface area (Å²) in [5.41, 5.74) is 14.2. The van der Waals surface area contributed by atoms with Crippen LogP contribution in [0.25, 0.3) is 11.5 Å². The van der Waals surface area contributed by atoms with E-state index in [1.165, 1.54) is 12.2 Å². The Labute approximate surface area is 73.4 Å². The predicted molar refractivity (Wildman–Crippen MR) is 34.7 cm³/mol. The van der Waals surface area contributed by atoms with Crippen molar-refractivity contribution in [1.82, 2.24) is 0 Å². The van der Waals surface area contributed by atoms with E-state index in [0.717, 1.165) is 6.08 Å². The van der Waals surface area contributed by atoms with Gasteiger partial charge in [0.15, 0.2) is 5.78 Å². The molecule has 1 aliphatic rings. The third-order valence-corrected chi connectivity index (χ3v) is 1.09. The van der Waals surface area contributed by atoms with Gasteiger partial charge < -0.3 is 11.5 Å². The standard InChI is InChI=1S/C6H7N2O.W/c7-5-2-1-4(9)3-6(5)8;/h1-3,5,7H,(H2,8,9);/q-1;+2/p-1. The number of hydrogen-bond donors (Lipinski definition) is 0. The fraction of sp³-hybridized carbons (Fsp3) is 0.167. The van der Waals surface area contributed by atoms with E-state index < -0.39 is 6.04 Å². The topological polar surface area (TPSA) is 64.7 Å². The molecule has 3 nitrogen and oxygen atoms in total. The predicted octanol–water partition coefficient (Wildman–Crippen LogP) is 1.48. The van der Waals surface area contributed by atoms with E-state index in [2.05, 4.69) is 0 Å². The van der Waals surface area contributed by atoms with Crippen LogP contribution in [0.2, 0.25) is 0 Å². The number of rotatable bonds is 0. The van der Waals surface area contributed by atoms with E-state index in [9.17, 15) is 4.79 Å². The number of carbonyl (C=O) groups excluding carboxylic acids is 1. The van der Waals surface area contributed by atoms with Crippen LogP contribution in [0, 0.1) is 0 Å². The van der Waals surface area contributed by atoms with Crippen LogP contribution in [-0.4, -0.2) is 11.8 Å². The van der Waals surface area contributed by atoms with Crippen molar-refractivity contribution in [1.29, 1.82) is 0 Å². The smallest absolute Gasteiger partial charge is 0.703 e. The molecular formula is C6H6N2OW. The SMILES string of the molecule is [NH-]C1=CC(=O)C=CC1[NH-].[W+2]. The van der Waals surface area contributed by atoms with Crippen LogP contribution in [0.4, 0.5) is 0 Å². The number of ketones is 1. The Morgan fingerprint density at radius 3 is 2.50 bits per heavy atom. The summed E-state index contributed by atoms with van der Waals surface area (Å²) in [4.78, 5) is 10.5. The Bertz CT molecular complexity index is 198. The molecule has 0 aromatic heterocycles. The molecule has 0 saturated carbocycles. The summed E-state index contributed by atoms with van der Waals surface area (Å²) in [5.74, 6) is -0.191. The zero-order chi connectivity index (χ0) is 6.85. The minimum atomic E-state index is -0.636. The zero-order valence-electron chi connectivity index (χ0n) is 5.13. The van der Waals surface area contributed by atoms with Crippen LogP contribution >= 0.6 is 0 Å². The van der Waals surface area contributed by atoms with E-state index in [0.29, 0.717) is 0 Å². The molecule has 52 valence electrons. The second-order valence-electron chi connectivity index (χ2n) is 1.84. The van der Waals surface area contributed by atoms with Gasteiger partial charge in [0.05, 0.1) is 0 Å². The minimum Gasteiger partial charge on any atom is -0.703 e. The van der Waals surface area contributed by atoms with Gasteiger partial charge in [-0.25, -0.2) is 0 Å². The Hall–Kier alpha value is -0.402. The van der Waals surface area contributed by atoms with Crippen molar-refractivity contribution in [3.8, 4) is 0 Å². The largest absolute Gasteiger partial charge is 2.00 e. The maximum Gasteiger partial charge on any atom is 2.00 e. The minimum absolute atomic E-state index is 0. The van der Waals surface area contributed by atoms with E-state index in [1.54, 1.807) is 0 Å². The Kier molecular flexibility index (Phi) is 3.54. The summed E-state index contributed by atoms with van der Waals surface area (Å²) in [6, 6.07) is -0.636. The molecular weight excluding hydrogens is 300 g/mol. The van der Waals surface area contributed by atoms with Crippen molar-refractivity contribution in [2.24, 2.45) is 0 Å². The quantitative estimate of drug-likeness (QED) is 0.668.